The molecule has 0 bridgehead atoms. The van der Waals surface area contributed by atoms with Gasteiger partial charge in [0.15, 0.2) is 6.29 Å². The van der Waals surface area contributed by atoms with Crippen LogP contribution in [0.5, 0.6) is 0 Å². The Labute approximate surface area is 83.1 Å². The first-order valence-electron chi connectivity index (χ1n) is 4.82. The van der Waals surface area contributed by atoms with Gasteiger partial charge < -0.3 is 14.2 Å². The lowest BCUT2D eigenvalue weighted by Gasteiger charge is -2.15. The van der Waals surface area contributed by atoms with Crippen molar-refractivity contribution >= 4 is 11.8 Å². The number of rotatable bonds is 3. The fourth-order valence-corrected chi connectivity index (χ4v) is 2.85. The lowest BCUT2D eigenvalue weighted by molar-refractivity contribution is -0.0215. The highest BCUT2D eigenvalue weighted by Gasteiger charge is 2.26. The number of thioether (sulfide) groups is 1. The van der Waals surface area contributed by atoms with E-state index >= 15 is 0 Å². The third kappa shape index (κ3) is 2.59. The molecule has 0 amide bonds. The van der Waals surface area contributed by atoms with E-state index in [4.69, 9.17) is 14.2 Å². The predicted octanol–water partition coefficient (Wildman–Crippen LogP) is 1.27. The minimum absolute atomic E-state index is 0.0257. The molecule has 3 nitrogen and oxygen atoms in total. The molecule has 0 aromatic carbocycles. The van der Waals surface area contributed by atoms with Crippen molar-refractivity contribution in [2.24, 2.45) is 0 Å². The molecule has 2 unspecified atom stereocenters. The normalized spacial score (nSPS) is 35.8. The summed E-state index contributed by atoms with van der Waals surface area (Å²) in [5, 5.41) is 0.632. The molecule has 0 N–H and O–H groups in total. The van der Waals surface area contributed by atoms with Crippen molar-refractivity contribution in [3.63, 3.8) is 0 Å². The van der Waals surface area contributed by atoms with Crippen LogP contribution in [0.4, 0.5) is 0 Å². The van der Waals surface area contributed by atoms with E-state index in [-0.39, 0.29) is 6.29 Å². The molecule has 2 aliphatic rings. The second-order valence-electron chi connectivity index (χ2n) is 3.41. The van der Waals surface area contributed by atoms with Gasteiger partial charge in [0.2, 0.25) is 0 Å². The van der Waals surface area contributed by atoms with Crippen LogP contribution in [0.25, 0.3) is 0 Å². The Bertz CT molecular complexity index is 159. The topological polar surface area (TPSA) is 27.7 Å². The predicted molar refractivity (Wildman–Crippen MR) is 52.0 cm³/mol. The van der Waals surface area contributed by atoms with Crippen LogP contribution in [-0.2, 0) is 14.2 Å². The van der Waals surface area contributed by atoms with E-state index in [1.54, 1.807) is 0 Å². The minimum Gasteiger partial charge on any atom is -0.377 e. The molecule has 0 radical (unpaired) electrons. The summed E-state index contributed by atoms with van der Waals surface area (Å²) in [6.45, 7) is 4.55. The van der Waals surface area contributed by atoms with Crippen LogP contribution >= 0.6 is 11.8 Å². The molecule has 2 fully saturated rings. The van der Waals surface area contributed by atoms with Gasteiger partial charge in [-0.1, -0.05) is 0 Å². The van der Waals surface area contributed by atoms with Gasteiger partial charge >= 0.3 is 0 Å². The van der Waals surface area contributed by atoms with E-state index in [1.807, 2.05) is 11.8 Å². The van der Waals surface area contributed by atoms with Gasteiger partial charge in [0.25, 0.3) is 0 Å². The Morgan fingerprint density at radius 1 is 1.15 bits per heavy atom. The number of hydrogen-bond donors (Lipinski definition) is 0. The average Bonchev–Trinajstić information content (AvgIpc) is 2.72. The summed E-state index contributed by atoms with van der Waals surface area (Å²) in [6.07, 6.45) is 1.59. The lowest BCUT2D eigenvalue weighted by Crippen LogP contribution is -2.18. The maximum absolute atomic E-state index is 5.48. The van der Waals surface area contributed by atoms with Crippen LogP contribution in [0, 0.1) is 0 Å². The zero-order chi connectivity index (χ0) is 9.10. The number of hydrogen-bond acceptors (Lipinski definition) is 4. The second-order valence-corrected chi connectivity index (χ2v) is 4.68. The van der Waals surface area contributed by atoms with Gasteiger partial charge in [-0.25, -0.2) is 0 Å². The van der Waals surface area contributed by atoms with Crippen LogP contribution in [0.15, 0.2) is 0 Å². The van der Waals surface area contributed by atoms with Crippen molar-refractivity contribution in [3.05, 3.63) is 0 Å². The number of ether oxygens (including phenoxy) is 3. The molecule has 4 heteroatoms. The second kappa shape index (κ2) is 4.64. The van der Waals surface area contributed by atoms with Crippen LogP contribution in [0.3, 0.4) is 0 Å². The minimum atomic E-state index is 0.0257. The summed E-state index contributed by atoms with van der Waals surface area (Å²) in [5.74, 6) is 0.943. The monoisotopic (exact) mass is 204 g/mol. The highest BCUT2D eigenvalue weighted by molar-refractivity contribution is 8.00. The van der Waals surface area contributed by atoms with E-state index in [9.17, 15) is 0 Å². The first-order chi connectivity index (χ1) is 6.36. The van der Waals surface area contributed by atoms with Gasteiger partial charge in [-0.3, -0.25) is 0 Å². The Hall–Kier alpha value is 0.230. The molecule has 2 atom stereocenters. The summed E-state index contributed by atoms with van der Waals surface area (Å²) in [6, 6.07) is 0. The first kappa shape index (κ1) is 9.77. The average molecular weight is 204 g/mol. The first-order valence-corrected chi connectivity index (χ1v) is 5.87. The summed E-state index contributed by atoms with van der Waals surface area (Å²) < 4.78 is 16.2. The molecule has 0 aromatic heterocycles. The highest BCUT2D eigenvalue weighted by Crippen LogP contribution is 2.27. The molecular weight excluding hydrogens is 188 g/mol. The molecule has 76 valence electrons. The fraction of sp³-hybridized carbons (Fsp3) is 1.00. The maximum atomic E-state index is 5.48. The zero-order valence-electron chi connectivity index (χ0n) is 7.90. The Morgan fingerprint density at radius 3 is 2.54 bits per heavy atom. The van der Waals surface area contributed by atoms with E-state index in [2.05, 4.69) is 6.92 Å². The molecule has 0 aromatic rings. The van der Waals surface area contributed by atoms with E-state index in [1.165, 1.54) is 6.42 Å². The standard InChI is InChI=1S/C9H16O3S/c1-7-8(2-3-10-7)13-6-9-11-4-5-12-9/h7-9H,2-6H2,1H3. The molecule has 0 spiro atoms. The SMILES string of the molecule is CC1OCCC1SCC1OCCO1. The van der Waals surface area contributed by atoms with Gasteiger partial charge in [0.05, 0.1) is 19.3 Å². The van der Waals surface area contributed by atoms with Crippen molar-refractivity contribution in [2.45, 2.75) is 31.0 Å². The summed E-state index contributed by atoms with van der Waals surface area (Å²) in [7, 11) is 0. The Kier molecular flexibility index (Phi) is 3.49. The van der Waals surface area contributed by atoms with Crippen LogP contribution in [0.2, 0.25) is 0 Å². The van der Waals surface area contributed by atoms with Gasteiger partial charge in [0.1, 0.15) is 0 Å². The van der Waals surface area contributed by atoms with Gasteiger partial charge in [-0.15, -0.1) is 0 Å². The van der Waals surface area contributed by atoms with Crippen LogP contribution in [-0.4, -0.2) is 43.2 Å². The third-order valence-electron chi connectivity index (χ3n) is 2.44. The van der Waals surface area contributed by atoms with Crippen molar-refractivity contribution in [2.75, 3.05) is 25.6 Å². The van der Waals surface area contributed by atoms with Gasteiger partial charge in [-0.05, 0) is 13.3 Å². The molecule has 13 heavy (non-hydrogen) atoms. The Balaban J connectivity index is 1.66. The summed E-state index contributed by atoms with van der Waals surface area (Å²) in [4.78, 5) is 0. The van der Waals surface area contributed by atoms with E-state index in [0.29, 0.717) is 11.4 Å². The van der Waals surface area contributed by atoms with Crippen molar-refractivity contribution in [1.29, 1.82) is 0 Å². The largest absolute Gasteiger partial charge is 0.377 e. The molecule has 2 aliphatic heterocycles. The van der Waals surface area contributed by atoms with E-state index < -0.39 is 0 Å². The smallest absolute Gasteiger partial charge is 0.166 e. The maximum Gasteiger partial charge on any atom is 0.166 e. The van der Waals surface area contributed by atoms with Crippen molar-refractivity contribution in [1.82, 2.24) is 0 Å². The summed E-state index contributed by atoms with van der Waals surface area (Å²) in [5.41, 5.74) is 0. The van der Waals surface area contributed by atoms with Crippen LogP contribution < -0.4 is 0 Å². The fourth-order valence-electron chi connectivity index (χ4n) is 1.64. The molecule has 2 saturated heterocycles. The van der Waals surface area contributed by atoms with E-state index in [0.717, 1.165) is 25.6 Å². The zero-order valence-corrected chi connectivity index (χ0v) is 8.72. The molecule has 0 saturated carbocycles. The molecule has 2 heterocycles. The summed E-state index contributed by atoms with van der Waals surface area (Å²) >= 11 is 1.91. The molecule has 2 rings (SSSR count). The lowest BCUT2D eigenvalue weighted by atomic mass is 10.3. The van der Waals surface area contributed by atoms with Gasteiger partial charge in [-0.2, -0.15) is 11.8 Å². The molecule has 0 aliphatic carbocycles. The Morgan fingerprint density at radius 2 is 1.92 bits per heavy atom. The van der Waals surface area contributed by atoms with Crippen LogP contribution in [0.1, 0.15) is 13.3 Å². The van der Waals surface area contributed by atoms with Crippen molar-refractivity contribution < 1.29 is 14.2 Å². The van der Waals surface area contributed by atoms with Crippen molar-refractivity contribution in [3.8, 4) is 0 Å². The highest BCUT2D eigenvalue weighted by atomic mass is 32.2. The molecular formula is C9H16O3S. The quantitative estimate of drug-likeness (QED) is 0.692. The van der Waals surface area contributed by atoms with Gasteiger partial charge in [0, 0.05) is 17.6 Å². The third-order valence-corrected chi connectivity index (χ3v) is 3.96.